The van der Waals surface area contributed by atoms with Gasteiger partial charge in [0.05, 0.1) is 5.60 Å². The number of alkyl halides is 2. The first-order valence-corrected chi connectivity index (χ1v) is 7.10. The Balaban J connectivity index is 2.73. The smallest absolute Gasteiger partial charge is 0.387 e. The zero-order valence-electron chi connectivity index (χ0n) is 13.3. The molecule has 0 heterocycles. The molecule has 0 fully saturated rings. The first-order valence-electron chi connectivity index (χ1n) is 7.10. The summed E-state index contributed by atoms with van der Waals surface area (Å²) in [6.45, 7) is 5.20. The van der Waals surface area contributed by atoms with E-state index in [9.17, 15) is 8.78 Å². The molecule has 21 heavy (non-hydrogen) atoms. The second-order valence-corrected chi connectivity index (χ2v) is 5.87. The van der Waals surface area contributed by atoms with Crippen LogP contribution in [-0.2, 0) is 4.74 Å². The van der Waals surface area contributed by atoms with E-state index in [2.05, 4.69) is 10.1 Å². The van der Waals surface area contributed by atoms with Crippen molar-refractivity contribution in [2.75, 3.05) is 7.11 Å². The highest BCUT2D eigenvalue weighted by molar-refractivity contribution is 5.35. The van der Waals surface area contributed by atoms with Crippen molar-refractivity contribution in [3.05, 3.63) is 29.8 Å². The normalized spacial score (nSPS) is 15.0. The summed E-state index contributed by atoms with van der Waals surface area (Å²) in [5.41, 5.74) is 0.491. The minimum absolute atomic E-state index is 0.0948. The molecule has 1 N–H and O–H groups in total. The van der Waals surface area contributed by atoms with Crippen molar-refractivity contribution in [1.82, 2.24) is 5.32 Å². The molecule has 0 saturated carbocycles. The summed E-state index contributed by atoms with van der Waals surface area (Å²) < 4.78 is 34.9. The van der Waals surface area contributed by atoms with E-state index in [0.717, 1.165) is 12.0 Å². The molecule has 2 unspecified atom stereocenters. The van der Waals surface area contributed by atoms with E-state index in [-0.39, 0.29) is 23.4 Å². The summed E-state index contributed by atoms with van der Waals surface area (Å²) in [4.78, 5) is 0. The van der Waals surface area contributed by atoms with Crippen molar-refractivity contribution < 1.29 is 18.3 Å². The molecule has 0 aliphatic carbocycles. The van der Waals surface area contributed by atoms with Crippen LogP contribution in [0.3, 0.4) is 0 Å². The Bertz CT molecular complexity index is 438. The predicted molar refractivity (Wildman–Crippen MR) is 79.8 cm³/mol. The van der Waals surface area contributed by atoms with Crippen molar-refractivity contribution in [3.8, 4) is 5.75 Å². The monoisotopic (exact) mass is 301 g/mol. The first-order chi connectivity index (χ1) is 9.75. The van der Waals surface area contributed by atoms with Gasteiger partial charge in [-0.1, -0.05) is 18.2 Å². The molecule has 0 radical (unpaired) electrons. The van der Waals surface area contributed by atoms with E-state index in [1.165, 1.54) is 0 Å². The van der Waals surface area contributed by atoms with Crippen LogP contribution in [0.2, 0.25) is 0 Å². The molecule has 0 spiro atoms. The summed E-state index contributed by atoms with van der Waals surface area (Å²) in [5.74, 6) is 0.214. The molecule has 0 amide bonds. The molecule has 1 aromatic rings. The largest absolute Gasteiger partial charge is 0.434 e. The molecular formula is C16H25F2NO2. The molecule has 2 atom stereocenters. The van der Waals surface area contributed by atoms with Gasteiger partial charge in [0.2, 0.25) is 0 Å². The van der Waals surface area contributed by atoms with Gasteiger partial charge in [0.1, 0.15) is 5.75 Å². The van der Waals surface area contributed by atoms with Gasteiger partial charge < -0.3 is 14.8 Å². The van der Waals surface area contributed by atoms with Gasteiger partial charge in [-0.25, -0.2) is 0 Å². The molecule has 5 heteroatoms. The van der Waals surface area contributed by atoms with Crippen LogP contribution < -0.4 is 10.1 Å². The third-order valence-electron chi connectivity index (χ3n) is 3.49. The lowest BCUT2D eigenvalue weighted by Crippen LogP contribution is -2.37. The molecule has 0 aliphatic heterocycles. The SMILES string of the molecule is COC(C)(C)CC(C)NC(C)c1ccccc1OC(F)F. The van der Waals surface area contributed by atoms with Crippen molar-refractivity contribution in [2.45, 2.75) is 58.4 Å². The van der Waals surface area contributed by atoms with E-state index in [4.69, 9.17) is 4.74 Å². The standard InChI is InChI=1S/C16H25F2NO2/c1-11(10-16(3,4)20-5)19-12(2)13-8-6-7-9-14(13)21-15(17)18/h6-9,11-12,15,19H,10H2,1-5H3. The van der Waals surface area contributed by atoms with Crippen molar-refractivity contribution >= 4 is 0 Å². The predicted octanol–water partition coefficient (Wildman–Crippen LogP) is 4.14. The van der Waals surface area contributed by atoms with Crippen molar-refractivity contribution in [2.24, 2.45) is 0 Å². The third-order valence-corrected chi connectivity index (χ3v) is 3.49. The number of rotatable bonds is 8. The summed E-state index contributed by atoms with van der Waals surface area (Å²) in [5, 5.41) is 3.40. The fourth-order valence-corrected chi connectivity index (χ4v) is 2.44. The Morgan fingerprint density at radius 2 is 1.81 bits per heavy atom. The molecular weight excluding hydrogens is 276 g/mol. The second kappa shape index (κ2) is 7.71. The van der Waals surface area contributed by atoms with Crippen LogP contribution >= 0.6 is 0 Å². The summed E-state index contributed by atoms with van der Waals surface area (Å²) in [6, 6.07) is 6.94. The van der Waals surface area contributed by atoms with Crippen LogP contribution in [0, 0.1) is 0 Å². The van der Waals surface area contributed by atoms with E-state index in [0.29, 0.717) is 0 Å². The second-order valence-electron chi connectivity index (χ2n) is 5.87. The Morgan fingerprint density at radius 3 is 2.38 bits per heavy atom. The number of hydrogen-bond donors (Lipinski definition) is 1. The topological polar surface area (TPSA) is 30.5 Å². The Labute approximate surface area is 125 Å². The van der Waals surface area contributed by atoms with Gasteiger partial charge in [-0.2, -0.15) is 8.78 Å². The molecule has 3 nitrogen and oxygen atoms in total. The average molecular weight is 301 g/mol. The molecule has 0 aliphatic rings. The molecule has 0 bridgehead atoms. The molecule has 1 aromatic carbocycles. The van der Waals surface area contributed by atoms with E-state index < -0.39 is 6.61 Å². The number of para-hydroxylation sites is 1. The summed E-state index contributed by atoms with van der Waals surface area (Å²) in [7, 11) is 1.68. The third kappa shape index (κ3) is 5.98. The van der Waals surface area contributed by atoms with Crippen LogP contribution in [0.15, 0.2) is 24.3 Å². The maximum absolute atomic E-state index is 12.4. The highest BCUT2D eigenvalue weighted by atomic mass is 19.3. The van der Waals surface area contributed by atoms with E-state index in [1.54, 1.807) is 25.3 Å². The van der Waals surface area contributed by atoms with E-state index in [1.807, 2.05) is 33.8 Å². The van der Waals surface area contributed by atoms with Gasteiger partial charge in [-0.15, -0.1) is 0 Å². The molecule has 0 saturated heterocycles. The fraction of sp³-hybridized carbons (Fsp3) is 0.625. The Hall–Kier alpha value is -1.20. The summed E-state index contributed by atoms with van der Waals surface area (Å²) in [6.07, 6.45) is 0.811. The minimum atomic E-state index is -2.82. The minimum Gasteiger partial charge on any atom is -0.434 e. The fourth-order valence-electron chi connectivity index (χ4n) is 2.44. The van der Waals surface area contributed by atoms with Crippen LogP contribution in [0.5, 0.6) is 5.75 Å². The van der Waals surface area contributed by atoms with Gasteiger partial charge in [0.15, 0.2) is 0 Å². The number of nitrogens with one attached hydrogen (secondary N) is 1. The van der Waals surface area contributed by atoms with E-state index >= 15 is 0 Å². The number of methoxy groups -OCH3 is 1. The zero-order chi connectivity index (χ0) is 16.0. The maximum atomic E-state index is 12.4. The lowest BCUT2D eigenvalue weighted by Gasteiger charge is -2.29. The number of hydrogen-bond acceptors (Lipinski definition) is 3. The Kier molecular flexibility index (Phi) is 6.55. The average Bonchev–Trinajstić information content (AvgIpc) is 2.37. The molecule has 0 aromatic heterocycles. The molecule has 1 rings (SSSR count). The van der Waals surface area contributed by atoms with Gasteiger partial charge >= 0.3 is 6.61 Å². The number of halogens is 2. The van der Waals surface area contributed by atoms with Crippen LogP contribution in [0.4, 0.5) is 8.78 Å². The number of ether oxygens (including phenoxy) is 2. The quantitative estimate of drug-likeness (QED) is 0.782. The highest BCUT2D eigenvalue weighted by Crippen LogP contribution is 2.27. The Morgan fingerprint density at radius 1 is 1.19 bits per heavy atom. The van der Waals surface area contributed by atoms with Crippen molar-refractivity contribution in [1.29, 1.82) is 0 Å². The lowest BCUT2D eigenvalue weighted by molar-refractivity contribution is -0.0507. The van der Waals surface area contributed by atoms with Gasteiger partial charge in [-0.05, 0) is 40.2 Å². The first kappa shape index (κ1) is 17.9. The van der Waals surface area contributed by atoms with Crippen LogP contribution in [0.1, 0.15) is 45.7 Å². The van der Waals surface area contributed by atoms with Crippen molar-refractivity contribution in [3.63, 3.8) is 0 Å². The maximum Gasteiger partial charge on any atom is 0.387 e. The zero-order valence-corrected chi connectivity index (χ0v) is 13.3. The lowest BCUT2D eigenvalue weighted by atomic mass is 9.98. The van der Waals surface area contributed by atoms with Crippen LogP contribution in [-0.4, -0.2) is 25.4 Å². The van der Waals surface area contributed by atoms with Gasteiger partial charge in [0, 0.05) is 24.8 Å². The van der Waals surface area contributed by atoms with Crippen LogP contribution in [0.25, 0.3) is 0 Å². The number of benzene rings is 1. The van der Waals surface area contributed by atoms with Gasteiger partial charge in [0.25, 0.3) is 0 Å². The molecule has 120 valence electrons. The summed E-state index contributed by atoms with van der Waals surface area (Å²) >= 11 is 0. The van der Waals surface area contributed by atoms with Gasteiger partial charge in [-0.3, -0.25) is 0 Å². The highest BCUT2D eigenvalue weighted by Gasteiger charge is 2.22.